The van der Waals surface area contributed by atoms with Gasteiger partial charge in [0.2, 0.25) is 11.8 Å². The Morgan fingerprint density at radius 3 is 2.40 bits per heavy atom. The third kappa shape index (κ3) is 3.32. The molecule has 0 saturated carbocycles. The molecular formula is C15H27N3O2. The third-order valence-corrected chi connectivity index (χ3v) is 4.25. The molecule has 5 heteroatoms. The number of carbonyl (C=O) groups excluding carboxylic acids is 2. The van der Waals surface area contributed by atoms with Crippen LogP contribution in [-0.2, 0) is 9.59 Å². The Morgan fingerprint density at radius 2 is 1.80 bits per heavy atom. The molecule has 0 aromatic rings. The molecule has 2 heterocycles. The zero-order valence-corrected chi connectivity index (χ0v) is 12.9. The second kappa shape index (κ2) is 6.57. The Bertz CT molecular complexity index is 364. The van der Waals surface area contributed by atoms with Crippen molar-refractivity contribution in [3.05, 3.63) is 0 Å². The number of hydrogen-bond donors (Lipinski definition) is 1. The van der Waals surface area contributed by atoms with Crippen LogP contribution in [0.3, 0.4) is 0 Å². The second-order valence-electron chi connectivity index (χ2n) is 6.26. The predicted molar refractivity (Wildman–Crippen MR) is 78.3 cm³/mol. The molecule has 2 aliphatic heterocycles. The molecule has 2 amide bonds. The number of nitrogens with zero attached hydrogens (tertiary/aromatic N) is 2. The molecule has 1 N–H and O–H groups in total. The first-order chi connectivity index (χ1) is 9.50. The van der Waals surface area contributed by atoms with E-state index in [1.54, 1.807) is 4.90 Å². The summed E-state index contributed by atoms with van der Waals surface area (Å²) >= 11 is 0. The SMILES string of the molecule is CC(C)NC1CCCN(C(C)C(=O)N2CCCC2)C1=O. The highest BCUT2D eigenvalue weighted by Gasteiger charge is 2.36. The minimum absolute atomic E-state index is 0.0880. The Hall–Kier alpha value is -1.10. The maximum Gasteiger partial charge on any atom is 0.245 e. The normalized spacial score (nSPS) is 25.4. The molecule has 2 aliphatic rings. The summed E-state index contributed by atoms with van der Waals surface area (Å²) in [5.41, 5.74) is 0. The highest BCUT2D eigenvalue weighted by molar-refractivity contribution is 5.90. The highest BCUT2D eigenvalue weighted by Crippen LogP contribution is 2.18. The van der Waals surface area contributed by atoms with E-state index in [0.29, 0.717) is 6.54 Å². The third-order valence-electron chi connectivity index (χ3n) is 4.25. The molecule has 0 aliphatic carbocycles. The maximum atomic E-state index is 12.5. The van der Waals surface area contributed by atoms with Crippen LogP contribution < -0.4 is 5.32 Å². The van der Waals surface area contributed by atoms with Gasteiger partial charge in [-0.25, -0.2) is 0 Å². The van der Waals surface area contributed by atoms with Crippen molar-refractivity contribution < 1.29 is 9.59 Å². The van der Waals surface area contributed by atoms with E-state index < -0.39 is 0 Å². The van der Waals surface area contributed by atoms with Gasteiger partial charge < -0.3 is 15.1 Å². The fourth-order valence-corrected chi connectivity index (χ4v) is 3.18. The summed E-state index contributed by atoms with van der Waals surface area (Å²) in [5, 5.41) is 3.31. The summed E-state index contributed by atoms with van der Waals surface area (Å²) < 4.78 is 0. The van der Waals surface area contributed by atoms with Crippen LogP contribution in [0.1, 0.15) is 46.5 Å². The summed E-state index contributed by atoms with van der Waals surface area (Å²) in [4.78, 5) is 28.6. The van der Waals surface area contributed by atoms with E-state index in [1.165, 1.54) is 0 Å². The van der Waals surface area contributed by atoms with E-state index in [9.17, 15) is 9.59 Å². The Labute approximate surface area is 121 Å². The number of rotatable bonds is 4. The molecule has 5 nitrogen and oxygen atoms in total. The molecule has 0 bridgehead atoms. The summed E-state index contributed by atoms with van der Waals surface area (Å²) in [6.45, 7) is 8.36. The fraction of sp³-hybridized carbons (Fsp3) is 0.867. The zero-order valence-electron chi connectivity index (χ0n) is 12.9. The van der Waals surface area contributed by atoms with Crippen molar-refractivity contribution in [3.63, 3.8) is 0 Å². The van der Waals surface area contributed by atoms with E-state index >= 15 is 0 Å². The molecule has 0 aromatic heterocycles. The number of hydrogen-bond acceptors (Lipinski definition) is 3. The van der Waals surface area contributed by atoms with E-state index in [2.05, 4.69) is 5.32 Å². The molecule has 0 aromatic carbocycles. The van der Waals surface area contributed by atoms with E-state index in [4.69, 9.17) is 0 Å². The maximum absolute atomic E-state index is 12.5. The monoisotopic (exact) mass is 281 g/mol. The van der Waals surface area contributed by atoms with Gasteiger partial charge in [0.25, 0.3) is 0 Å². The van der Waals surface area contributed by atoms with Crippen molar-refractivity contribution in [2.45, 2.75) is 64.6 Å². The van der Waals surface area contributed by atoms with E-state index in [-0.39, 0.29) is 29.9 Å². The number of amides is 2. The highest BCUT2D eigenvalue weighted by atomic mass is 16.2. The fourth-order valence-electron chi connectivity index (χ4n) is 3.18. The van der Waals surface area contributed by atoms with Crippen molar-refractivity contribution in [2.75, 3.05) is 19.6 Å². The minimum atomic E-state index is -0.322. The smallest absolute Gasteiger partial charge is 0.245 e. The summed E-state index contributed by atoms with van der Waals surface area (Å²) in [5.74, 6) is 0.200. The average Bonchev–Trinajstić information content (AvgIpc) is 2.93. The Balaban J connectivity index is 1.99. The first-order valence-corrected chi connectivity index (χ1v) is 7.86. The number of nitrogens with one attached hydrogen (secondary N) is 1. The van der Waals surface area contributed by atoms with Crippen LogP contribution in [0.4, 0.5) is 0 Å². The lowest BCUT2D eigenvalue weighted by Crippen LogP contribution is -2.58. The molecule has 114 valence electrons. The number of carbonyl (C=O) groups is 2. The van der Waals surface area contributed by atoms with Crippen LogP contribution >= 0.6 is 0 Å². The largest absolute Gasteiger partial charge is 0.341 e. The van der Waals surface area contributed by atoms with E-state index in [1.807, 2.05) is 25.7 Å². The van der Waals surface area contributed by atoms with Gasteiger partial charge in [-0.05, 0) is 32.6 Å². The molecule has 0 radical (unpaired) electrons. The molecular weight excluding hydrogens is 254 g/mol. The number of piperidine rings is 1. The quantitative estimate of drug-likeness (QED) is 0.836. The van der Waals surface area contributed by atoms with Gasteiger partial charge in [-0.1, -0.05) is 13.8 Å². The standard InChI is InChI=1S/C15H27N3O2/c1-11(2)16-13-7-6-10-18(15(13)20)12(3)14(19)17-8-4-5-9-17/h11-13,16H,4-10H2,1-3H3. The molecule has 2 saturated heterocycles. The van der Waals surface area contributed by atoms with Crippen molar-refractivity contribution in [1.29, 1.82) is 0 Å². The second-order valence-corrected chi connectivity index (χ2v) is 6.26. The van der Waals surface area contributed by atoms with Crippen LogP contribution in [0.5, 0.6) is 0 Å². The summed E-state index contributed by atoms with van der Waals surface area (Å²) in [6, 6.07) is -0.163. The summed E-state index contributed by atoms with van der Waals surface area (Å²) in [7, 11) is 0. The van der Waals surface area contributed by atoms with Gasteiger partial charge in [-0.2, -0.15) is 0 Å². The molecule has 0 spiro atoms. The van der Waals surface area contributed by atoms with Gasteiger partial charge in [-0.3, -0.25) is 9.59 Å². The van der Waals surface area contributed by atoms with Gasteiger partial charge in [0.05, 0.1) is 6.04 Å². The van der Waals surface area contributed by atoms with Crippen LogP contribution in [0.2, 0.25) is 0 Å². The number of likely N-dealkylation sites (tertiary alicyclic amines) is 2. The lowest BCUT2D eigenvalue weighted by molar-refractivity contribution is -0.147. The molecule has 2 rings (SSSR count). The first kappa shape index (κ1) is 15.3. The van der Waals surface area contributed by atoms with Crippen LogP contribution in [0.15, 0.2) is 0 Å². The van der Waals surface area contributed by atoms with E-state index in [0.717, 1.165) is 38.8 Å². The lowest BCUT2D eigenvalue weighted by Gasteiger charge is -2.38. The van der Waals surface area contributed by atoms with Crippen LogP contribution in [-0.4, -0.2) is 59.4 Å². The first-order valence-electron chi connectivity index (χ1n) is 7.86. The molecule has 2 atom stereocenters. The van der Waals surface area contributed by atoms with Crippen LogP contribution in [0, 0.1) is 0 Å². The van der Waals surface area contributed by atoms with Crippen LogP contribution in [0.25, 0.3) is 0 Å². The average molecular weight is 281 g/mol. The molecule has 2 unspecified atom stereocenters. The molecule has 2 fully saturated rings. The lowest BCUT2D eigenvalue weighted by atomic mass is 10.0. The van der Waals surface area contributed by atoms with Crippen molar-refractivity contribution in [1.82, 2.24) is 15.1 Å². The van der Waals surface area contributed by atoms with Crippen molar-refractivity contribution in [2.24, 2.45) is 0 Å². The van der Waals surface area contributed by atoms with Gasteiger partial charge in [0, 0.05) is 25.7 Å². The van der Waals surface area contributed by atoms with Gasteiger partial charge >= 0.3 is 0 Å². The van der Waals surface area contributed by atoms with Gasteiger partial charge in [0.15, 0.2) is 0 Å². The summed E-state index contributed by atoms with van der Waals surface area (Å²) in [6.07, 6.45) is 4.01. The van der Waals surface area contributed by atoms with Gasteiger partial charge in [-0.15, -0.1) is 0 Å². The minimum Gasteiger partial charge on any atom is -0.341 e. The van der Waals surface area contributed by atoms with Crippen molar-refractivity contribution >= 4 is 11.8 Å². The topological polar surface area (TPSA) is 52.7 Å². The Morgan fingerprint density at radius 1 is 1.15 bits per heavy atom. The molecule has 20 heavy (non-hydrogen) atoms. The Kier molecular flexibility index (Phi) is 5.02. The zero-order chi connectivity index (χ0) is 14.7. The van der Waals surface area contributed by atoms with Crippen molar-refractivity contribution in [3.8, 4) is 0 Å². The van der Waals surface area contributed by atoms with Gasteiger partial charge in [0.1, 0.15) is 6.04 Å². The predicted octanol–water partition coefficient (Wildman–Crippen LogP) is 0.986.